The van der Waals surface area contributed by atoms with Crippen molar-refractivity contribution >= 4 is 107 Å². The van der Waals surface area contributed by atoms with E-state index in [1.807, 2.05) is 66.7 Å². The first-order chi connectivity index (χ1) is 28.4. The number of hydrogen-bond donors (Lipinski definition) is 0. The second kappa shape index (κ2) is 12.0. The number of fused-ring (bicyclic) bond motifs is 14. The Labute approximate surface area is 335 Å². The fourth-order valence-corrected chi connectivity index (χ4v) is 11.2. The first-order valence-electron chi connectivity index (χ1n) is 18.7. The Kier molecular flexibility index (Phi) is 6.87. The molecular formula is C49H25F3N4S2. The Morgan fingerprint density at radius 3 is 1.66 bits per heavy atom. The number of nitrogens with zero attached hydrogens (tertiary/aromatic N) is 4. The van der Waals surface area contributed by atoms with Crippen molar-refractivity contribution in [2.45, 2.75) is 6.18 Å². The van der Waals surface area contributed by atoms with Crippen LogP contribution in [0.2, 0.25) is 0 Å². The highest BCUT2D eigenvalue weighted by atomic mass is 32.1. The second-order valence-corrected chi connectivity index (χ2v) is 16.7. The van der Waals surface area contributed by atoms with E-state index in [-0.39, 0.29) is 11.1 Å². The number of para-hydroxylation sites is 2. The molecule has 0 radical (unpaired) electrons. The van der Waals surface area contributed by atoms with E-state index in [1.54, 1.807) is 34.9 Å². The summed E-state index contributed by atoms with van der Waals surface area (Å²) >= 11 is 3.44. The quantitative estimate of drug-likeness (QED) is 0.179. The van der Waals surface area contributed by atoms with Crippen LogP contribution in [0.1, 0.15) is 11.1 Å². The minimum absolute atomic E-state index is 0.0779. The van der Waals surface area contributed by atoms with Crippen molar-refractivity contribution in [3.05, 3.63) is 163 Å². The van der Waals surface area contributed by atoms with Gasteiger partial charge in [-0.3, -0.25) is 4.57 Å². The highest BCUT2D eigenvalue weighted by Crippen LogP contribution is 2.47. The van der Waals surface area contributed by atoms with Crippen LogP contribution >= 0.6 is 22.7 Å². The molecule has 9 heteroatoms. The molecule has 0 atom stereocenters. The highest BCUT2D eigenvalue weighted by Gasteiger charge is 2.32. The van der Waals surface area contributed by atoms with E-state index in [2.05, 4.69) is 75.9 Å². The van der Waals surface area contributed by atoms with Crippen LogP contribution in [-0.2, 0) is 6.18 Å². The van der Waals surface area contributed by atoms with Crippen LogP contribution in [0.25, 0.3) is 107 Å². The van der Waals surface area contributed by atoms with Gasteiger partial charge < -0.3 is 4.57 Å². The maximum Gasteiger partial charge on any atom is 0.416 e. The number of benzene rings is 7. The van der Waals surface area contributed by atoms with E-state index in [1.165, 1.54) is 0 Å². The molecule has 0 saturated carbocycles. The molecule has 5 heterocycles. The molecule has 4 nitrogen and oxygen atoms in total. The summed E-state index contributed by atoms with van der Waals surface area (Å²) in [7, 11) is 0. The van der Waals surface area contributed by atoms with Gasteiger partial charge in [0.05, 0.1) is 51.1 Å². The lowest BCUT2D eigenvalue weighted by Gasteiger charge is -2.18. The lowest BCUT2D eigenvalue weighted by Crippen LogP contribution is -2.07. The SMILES string of the molecule is N#Cc1cc(-c2cc(-n3c4ccccc4c4ccc5sc6ccccc6c5c43)ncc2-n2c3ccccc3c3ccc4sc5ccccc5c4c32)cc(C(F)(F)F)c1. The molecule has 5 aromatic heterocycles. The molecule has 0 unspecified atom stereocenters. The summed E-state index contributed by atoms with van der Waals surface area (Å²) in [6, 6.07) is 49.1. The molecule has 58 heavy (non-hydrogen) atoms. The molecule has 0 aliphatic heterocycles. The highest BCUT2D eigenvalue weighted by molar-refractivity contribution is 7.26. The molecule has 0 saturated heterocycles. The van der Waals surface area contributed by atoms with Crippen molar-refractivity contribution in [2.75, 3.05) is 0 Å². The van der Waals surface area contributed by atoms with Gasteiger partial charge in [0, 0.05) is 67.5 Å². The fourth-order valence-electron chi connectivity index (χ4n) is 9.00. The first kappa shape index (κ1) is 33.2. The summed E-state index contributed by atoms with van der Waals surface area (Å²) < 4.78 is 52.8. The van der Waals surface area contributed by atoms with Gasteiger partial charge in [0.15, 0.2) is 0 Å². The van der Waals surface area contributed by atoms with E-state index in [4.69, 9.17) is 4.98 Å². The second-order valence-electron chi connectivity index (χ2n) is 14.5. The molecule has 274 valence electrons. The van der Waals surface area contributed by atoms with Crippen LogP contribution in [-0.4, -0.2) is 14.1 Å². The van der Waals surface area contributed by atoms with Crippen molar-refractivity contribution in [2.24, 2.45) is 0 Å². The molecular weight excluding hydrogens is 766 g/mol. The number of halogens is 3. The smallest absolute Gasteiger partial charge is 0.306 e. The van der Waals surface area contributed by atoms with Gasteiger partial charge in [0.1, 0.15) is 5.82 Å². The Hall–Kier alpha value is -6.99. The number of alkyl halides is 3. The van der Waals surface area contributed by atoms with Crippen LogP contribution in [0, 0.1) is 11.3 Å². The molecule has 0 fully saturated rings. The van der Waals surface area contributed by atoms with Gasteiger partial charge in [-0.25, -0.2) is 4.98 Å². The lowest BCUT2D eigenvalue weighted by atomic mass is 9.98. The number of thiophene rings is 2. The molecule has 12 aromatic rings. The molecule has 7 aromatic carbocycles. The van der Waals surface area contributed by atoms with Gasteiger partial charge in [0.2, 0.25) is 0 Å². The fraction of sp³-hybridized carbons (Fsp3) is 0.0204. The molecule has 0 amide bonds. The minimum atomic E-state index is -4.68. The van der Waals surface area contributed by atoms with Crippen LogP contribution in [0.4, 0.5) is 13.2 Å². The van der Waals surface area contributed by atoms with Gasteiger partial charge in [-0.15, -0.1) is 22.7 Å². The van der Waals surface area contributed by atoms with Crippen LogP contribution in [0.15, 0.2) is 152 Å². The van der Waals surface area contributed by atoms with Gasteiger partial charge in [-0.2, -0.15) is 18.4 Å². The maximum atomic E-state index is 14.6. The summed E-state index contributed by atoms with van der Waals surface area (Å²) in [6.07, 6.45) is -2.88. The van der Waals surface area contributed by atoms with Gasteiger partial charge in [-0.1, -0.05) is 84.9 Å². The number of rotatable bonds is 3. The Bertz CT molecular complexity index is 3760. The Morgan fingerprint density at radius 2 is 1.07 bits per heavy atom. The molecule has 12 rings (SSSR count). The zero-order chi connectivity index (χ0) is 38.9. The lowest BCUT2D eigenvalue weighted by molar-refractivity contribution is -0.137. The van der Waals surface area contributed by atoms with Crippen LogP contribution in [0.3, 0.4) is 0 Å². The van der Waals surface area contributed by atoms with Crippen molar-refractivity contribution in [1.82, 2.24) is 14.1 Å². The van der Waals surface area contributed by atoms with E-state index in [9.17, 15) is 18.4 Å². The molecule has 0 bridgehead atoms. The standard InChI is InChI=1S/C49H25F3N4S2/c50-49(51,52)29-22-27(25-53)21-28(23-29)36-24-44(56-38-14-6-2-10-31(38)33-18-20-43-46(48(33)56)35-12-4-8-16-41(35)58-43)54-26-39(36)55-37-13-5-1-9-30(37)32-17-19-42-45(47(32)55)34-11-3-7-15-40(34)57-42/h1-24,26H. The predicted octanol–water partition coefficient (Wildman–Crippen LogP) is 14.6. The first-order valence-corrected chi connectivity index (χ1v) is 20.3. The topological polar surface area (TPSA) is 46.5 Å². The zero-order valence-corrected chi connectivity index (χ0v) is 31.8. The molecule has 0 spiro atoms. The summed E-state index contributed by atoms with van der Waals surface area (Å²) in [5.74, 6) is 0.551. The van der Waals surface area contributed by atoms with Gasteiger partial charge in [-0.05, 0) is 66.2 Å². The Morgan fingerprint density at radius 1 is 0.534 bits per heavy atom. The van der Waals surface area contributed by atoms with Gasteiger partial charge >= 0.3 is 6.18 Å². The summed E-state index contributed by atoms with van der Waals surface area (Å²) in [5, 5.41) is 18.6. The number of pyridine rings is 1. The third-order valence-corrected chi connectivity index (χ3v) is 13.7. The van der Waals surface area contributed by atoms with Crippen LogP contribution in [0.5, 0.6) is 0 Å². The predicted molar refractivity (Wildman–Crippen MR) is 234 cm³/mol. The molecule has 0 N–H and O–H groups in total. The third kappa shape index (κ3) is 4.64. The average Bonchev–Trinajstić information content (AvgIpc) is 4.00. The Balaban J connectivity index is 1.26. The monoisotopic (exact) mass is 790 g/mol. The maximum absolute atomic E-state index is 14.6. The normalized spacial score (nSPS) is 12.4. The van der Waals surface area contributed by atoms with Crippen LogP contribution < -0.4 is 0 Å². The number of nitriles is 1. The van der Waals surface area contributed by atoms with E-state index < -0.39 is 11.7 Å². The average molecular weight is 791 g/mol. The van der Waals surface area contributed by atoms with E-state index in [0.29, 0.717) is 17.1 Å². The van der Waals surface area contributed by atoms with Crippen molar-refractivity contribution in [1.29, 1.82) is 5.26 Å². The van der Waals surface area contributed by atoms with Crippen molar-refractivity contribution in [3.63, 3.8) is 0 Å². The van der Waals surface area contributed by atoms with E-state index >= 15 is 0 Å². The summed E-state index contributed by atoms with van der Waals surface area (Å²) in [4.78, 5) is 5.25. The minimum Gasteiger partial charge on any atom is -0.306 e. The number of hydrogen-bond acceptors (Lipinski definition) is 4. The summed E-state index contributed by atoms with van der Waals surface area (Å²) in [6.45, 7) is 0. The summed E-state index contributed by atoms with van der Waals surface area (Å²) in [5.41, 5.74) is 4.17. The zero-order valence-electron chi connectivity index (χ0n) is 30.2. The van der Waals surface area contributed by atoms with Crippen molar-refractivity contribution in [3.8, 4) is 28.7 Å². The number of aromatic nitrogens is 3. The van der Waals surface area contributed by atoms with E-state index in [0.717, 1.165) is 96.1 Å². The third-order valence-electron chi connectivity index (χ3n) is 11.4. The molecule has 0 aliphatic carbocycles. The van der Waals surface area contributed by atoms with Gasteiger partial charge in [0.25, 0.3) is 0 Å². The largest absolute Gasteiger partial charge is 0.416 e. The van der Waals surface area contributed by atoms with Crippen molar-refractivity contribution < 1.29 is 13.2 Å². The molecule has 0 aliphatic rings.